The van der Waals surface area contributed by atoms with Gasteiger partial charge in [-0.05, 0) is 38.1 Å². The smallest absolute Gasteiger partial charge is 0.267 e. The van der Waals surface area contributed by atoms with Crippen molar-refractivity contribution in [1.82, 2.24) is 4.90 Å². The van der Waals surface area contributed by atoms with Crippen LogP contribution in [0.1, 0.15) is 13.8 Å². The molecule has 22 heavy (non-hydrogen) atoms. The van der Waals surface area contributed by atoms with Gasteiger partial charge in [0.25, 0.3) is 5.91 Å². The van der Waals surface area contributed by atoms with Crippen LogP contribution in [0.15, 0.2) is 36.0 Å². The normalized spacial score (nSPS) is 10.7. The molecule has 1 aromatic rings. The molecule has 0 saturated heterocycles. The van der Waals surface area contributed by atoms with Crippen molar-refractivity contribution in [3.8, 4) is 11.8 Å². The van der Waals surface area contributed by atoms with Gasteiger partial charge in [0, 0.05) is 25.0 Å². The second kappa shape index (κ2) is 9.42. The van der Waals surface area contributed by atoms with Crippen molar-refractivity contribution >= 4 is 11.6 Å². The predicted octanol–water partition coefficient (Wildman–Crippen LogP) is 1.75. The zero-order chi connectivity index (χ0) is 16.4. The summed E-state index contributed by atoms with van der Waals surface area (Å²) in [6, 6.07) is 8.80. The first-order valence-electron chi connectivity index (χ1n) is 7.15. The molecule has 0 bridgehead atoms. The van der Waals surface area contributed by atoms with Crippen LogP contribution in [0, 0.1) is 11.3 Å². The summed E-state index contributed by atoms with van der Waals surface area (Å²) < 4.78 is 5.32. The molecular weight excluding hydrogens is 282 g/mol. The predicted molar refractivity (Wildman–Crippen MR) is 84.3 cm³/mol. The minimum atomic E-state index is -0.483. The Bertz CT molecular complexity index is 547. The summed E-state index contributed by atoms with van der Waals surface area (Å²) in [5, 5.41) is 20.7. The Balaban J connectivity index is 2.76. The van der Waals surface area contributed by atoms with E-state index in [0.29, 0.717) is 25.4 Å². The Hall–Kier alpha value is -2.52. The Morgan fingerprint density at radius 3 is 2.59 bits per heavy atom. The summed E-state index contributed by atoms with van der Waals surface area (Å²) in [5.74, 6) is 0.236. The molecular formula is C16H21N3O3. The van der Waals surface area contributed by atoms with Crippen molar-refractivity contribution in [1.29, 1.82) is 5.26 Å². The number of carbonyl (C=O) groups is 1. The molecule has 0 radical (unpaired) electrons. The standard InChI is InChI=1S/C16H21N3O3/c1-3-19(9-10-20)12-13(11-17)16(21)18-14-5-7-15(8-6-14)22-4-2/h5-8,12,20H,3-4,9-10H2,1-2H3,(H,18,21)/b13-12-. The van der Waals surface area contributed by atoms with Crippen LogP contribution in [0.25, 0.3) is 0 Å². The van der Waals surface area contributed by atoms with Crippen LogP contribution in [0.2, 0.25) is 0 Å². The molecule has 6 nitrogen and oxygen atoms in total. The molecule has 1 amide bonds. The number of ether oxygens (including phenoxy) is 1. The number of rotatable bonds is 8. The van der Waals surface area contributed by atoms with E-state index in [0.717, 1.165) is 5.75 Å². The molecule has 0 fully saturated rings. The fourth-order valence-electron chi connectivity index (χ4n) is 1.76. The number of nitrogens with zero attached hydrogens (tertiary/aromatic N) is 2. The number of hydrogen-bond acceptors (Lipinski definition) is 5. The molecule has 0 atom stereocenters. The second-order valence-corrected chi connectivity index (χ2v) is 4.42. The average Bonchev–Trinajstić information content (AvgIpc) is 2.53. The first-order chi connectivity index (χ1) is 10.6. The molecule has 2 N–H and O–H groups in total. The zero-order valence-corrected chi connectivity index (χ0v) is 12.9. The van der Waals surface area contributed by atoms with Crippen LogP contribution in [0.4, 0.5) is 5.69 Å². The molecule has 0 spiro atoms. The van der Waals surface area contributed by atoms with E-state index in [1.165, 1.54) is 6.20 Å². The molecule has 0 aliphatic rings. The molecule has 6 heteroatoms. The second-order valence-electron chi connectivity index (χ2n) is 4.42. The van der Waals surface area contributed by atoms with Crippen molar-refractivity contribution in [2.75, 3.05) is 31.6 Å². The van der Waals surface area contributed by atoms with Crippen LogP contribution in [-0.4, -0.2) is 42.2 Å². The van der Waals surface area contributed by atoms with Gasteiger partial charge in [-0.25, -0.2) is 0 Å². The number of amides is 1. The van der Waals surface area contributed by atoms with Gasteiger partial charge in [-0.1, -0.05) is 0 Å². The molecule has 0 unspecified atom stereocenters. The number of aliphatic hydroxyl groups is 1. The summed E-state index contributed by atoms with van der Waals surface area (Å²) in [6.45, 7) is 5.28. The van der Waals surface area contributed by atoms with E-state index in [2.05, 4.69) is 5.32 Å². The van der Waals surface area contributed by atoms with Gasteiger partial charge in [-0.15, -0.1) is 0 Å². The number of carbonyl (C=O) groups excluding carboxylic acids is 1. The van der Waals surface area contributed by atoms with E-state index in [9.17, 15) is 4.79 Å². The Morgan fingerprint density at radius 1 is 1.41 bits per heavy atom. The number of likely N-dealkylation sites (N-methyl/N-ethyl adjacent to an activating group) is 1. The van der Waals surface area contributed by atoms with Gasteiger partial charge in [-0.2, -0.15) is 5.26 Å². The van der Waals surface area contributed by atoms with Crippen LogP contribution in [0.3, 0.4) is 0 Å². The molecule has 0 aliphatic carbocycles. The van der Waals surface area contributed by atoms with Crippen LogP contribution in [-0.2, 0) is 4.79 Å². The number of nitrogens with one attached hydrogen (secondary N) is 1. The molecule has 1 aromatic carbocycles. The van der Waals surface area contributed by atoms with E-state index in [4.69, 9.17) is 15.1 Å². The molecule has 0 aliphatic heterocycles. The Labute approximate surface area is 130 Å². The van der Waals surface area contributed by atoms with Gasteiger partial charge in [0.05, 0.1) is 13.2 Å². The number of hydrogen-bond donors (Lipinski definition) is 2. The topological polar surface area (TPSA) is 85.6 Å². The lowest BCUT2D eigenvalue weighted by Crippen LogP contribution is -2.23. The highest BCUT2D eigenvalue weighted by Crippen LogP contribution is 2.16. The lowest BCUT2D eigenvalue weighted by atomic mass is 10.2. The number of benzene rings is 1. The highest BCUT2D eigenvalue weighted by atomic mass is 16.5. The third kappa shape index (κ3) is 5.46. The summed E-state index contributed by atoms with van der Waals surface area (Å²) in [6.07, 6.45) is 1.46. The molecule has 0 heterocycles. The number of anilines is 1. The quantitative estimate of drug-likeness (QED) is 0.564. The van der Waals surface area contributed by atoms with Crippen molar-refractivity contribution in [3.05, 3.63) is 36.0 Å². The van der Waals surface area contributed by atoms with E-state index in [1.54, 1.807) is 29.2 Å². The van der Waals surface area contributed by atoms with Crippen molar-refractivity contribution < 1.29 is 14.6 Å². The monoisotopic (exact) mass is 303 g/mol. The lowest BCUT2D eigenvalue weighted by molar-refractivity contribution is -0.112. The van der Waals surface area contributed by atoms with Crippen LogP contribution in [0.5, 0.6) is 5.75 Å². The van der Waals surface area contributed by atoms with Gasteiger partial charge in [0.2, 0.25) is 0 Å². The third-order valence-electron chi connectivity index (χ3n) is 2.89. The maximum atomic E-state index is 12.1. The Kier molecular flexibility index (Phi) is 7.51. The van der Waals surface area contributed by atoms with Crippen molar-refractivity contribution in [2.45, 2.75) is 13.8 Å². The van der Waals surface area contributed by atoms with Crippen LogP contribution >= 0.6 is 0 Å². The maximum Gasteiger partial charge on any atom is 0.267 e. The number of aliphatic hydroxyl groups excluding tert-OH is 1. The molecule has 0 saturated carbocycles. The fourth-order valence-corrected chi connectivity index (χ4v) is 1.76. The fraction of sp³-hybridized carbons (Fsp3) is 0.375. The van der Waals surface area contributed by atoms with Crippen LogP contribution < -0.4 is 10.1 Å². The van der Waals surface area contributed by atoms with Crippen molar-refractivity contribution in [3.63, 3.8) is 0 Å². The zero-order valence-electron chi connectivity index (χ0n) is 12.9. The van der Waals surface area contributed by atoms with Crippen molar-refractivity contribution in [2.24, 2.45) is 0 Å². The summed E-state index contributed by atoms with van der Waals surface area (Å²) >= 11 is 0. The van der Waals surface area contributed by atoms with Gasteiger partial charge in [0.15, 0.2) is 0 Å². The summed E-state index contributed by atoms with van der Waals surface area (Å²) in [4.78, 5) is 13.8. The SMILES string of the molecule is CCOc1ccc(NC(=O)/C(C#N)=C\N(CC)CCO)cc1. The summed E-state index contributed by atoms with van der Waals surface area (Å²) in [5.41, 5.74) is 0.573. The minimum absolute atomic E-state index is 0.0100. The molecule has 1 rings (SSSR count). The van der Waals surface area contributed by atoms with E-state index in [-0.39, 0.29) is 12.2 Å². The third-order valence-corrected chi connectivity index (χ3v) is 2.89. The highest BCUT2D eigenvalue weighted by molar-refractivity contribution is 6.06. The average molecular weight is 303 g/mol. The van der Waals surface area contributed by atoms with E-state index in [1.807, 2.05) is 19.9 Å². The van der Waals surface area contributed by atoms with Gasteiger partial charge < -0.3 is 20.1 Å². The summed E-state index contributed by atoms with van der Waals surface area (Å²) in [7, 11) is 0. The minimum Gasteiger partial charge on any atom is -0.494 e. The number of nitriles is 1. The first-order valence-corrected chi connectivity index (χ1v) is 7.15. The molecule has 118 valence electrons. The van der Waals surface area contributed by atoms with Gasteiger partial charge in [-0.3, -0.25) is 4.79 Å². The van der Waals surface area contributed by atoms with E-state index >= 15 is 0 Å². The maximum absolute atomic E-state index is 12.1. The highest BCUT2D eigenvalue weighted by Gasteiger charge is 2.11. The van der Waals surface area contributed by atoms with Gasteiger partial charge in [0.1, 0.15) is 17.4 Å². The first kappa shape index (κ1) is 17.5. The van der Waals surface area contributed by atoms with E-state index < -0.39 is 5.91 Å². The molecule has 0 aromatic heterocycles. The largest absolute Gasteiger partial charge is 0.494 e. The van der Waals surface area contributed by atoms with Gasteiger partial charge >= 0.3 is 0 Å². The Morgan fingerprint density at radius 2 is 2.09 bits per heavy atom. The lowest BCUT2D eigenvalue weighted by Gasteiger charge is -2.17.